The Bertz CT molecular complexity index is 963. The quantitative estimate of drug-likeness (QED) is 0.535. The van der Waals surface area contributed by atoms with E-state index in [2.05, 4.69) is 27.4 Å². The zero-order valence-electron chi connectivity index (χ0n) is 13.0. The van der Waals surface area contributed by atoms with E-state index in [0.29, 0.717) is 0 Å². The fourth-order valence-corrected chi connectivity index (χ4v) is 3.03. The Balaban J connectivity index is 1.86. The summed E-state index contributed by atoms with van der Waals surface area (Å²) in [6, 6.07) is 21.3. The molecular weight excluding hydrogens is 298 g/mol. The van der Waals surface area contributed by atoms with E-state index in [1.54, 1.807) is 6.07 Å². The SMILES string of the molecule is Oc1ccccc1[C@@H](Nc1cccc[nH+]1)c1c[nH]c2ccccc12. The number of aromatic nitrogens is 2. The van der Waals surface area contributed by atoms with Crippen LogP contribution in [0, 0.1) is 0 Å². The number of anilines is 1. The molecule has 24 heavy (non-hydrogen) atoms. The molecule has 0 spiro atoms. The highest BCUT2D eigenvalue weighted by atomic mass is 16.3. The van der Waals surface area contributed by atoms with Crippen LogP contribution < -0.4 is 10.3 Å². The van der Waals surface area contributed by atoms with Gasteiger partial charge in [0.25, 0.3) is 5.82 Å². The first kappa shape index (κ1) is 14.3. The number of hydrogen-bond donors (Lipinski definition) is 3. The minimum atomic E-state index is -0.180. The zero-order valence-corrected chi connectivity index (χ0v) is 13.0. The predicted molar refractivity (Wildman–Crippen MR) is 94.9 cm³/mol. The van der Waals surface area contributed by atoms with Crippen molar-refractivity contribution in [2.45, 2.75) is 6.04 Å². The van der Waals surface area contributed by atoms with Gasteiger partial charge in [-0.05, 0) is 18.2 Å². The number of phenolic OH excluding ortho intramolecular Hbond substituents is 1. The summed E-state index contributed by atoms with van der Waals surface area (Å²) in [6.07, 6.45) is 3.87. The lowest BCUT2D eigenvalue weighted by Crippen LogP contribution is -2.18. The average Bonchev–Trinajstić information content (AvgIpc) is 3.05. The molecular formula is C20H18N3O+. The van der Waals surface area contributed by atoms with E-state index >= 15 is 0 Å². The van der Waals surface area contributed by atoms with Gasteiger partial charge in [-0.1, -0.05) is 42.5 Å². The van der Waals surface area contributed by atoms with Crippen molar-refractivity contribution >= 4 is 16.7 Å². The first-order valence-electron chi connectivity index (χ1n) is 7.90. The van der Waals surface area contributed by atoms with Gasteiger partial charge in [0, 0.05) is 34.3 Å². The van der Waals surface area contributed by atoms with Gasteiger partial charge in [-0.25, -0.2) is 4.98 Å². The van der Waals surface area contributed by atoms with Crippen LogP contribution >= 0.6 is 0 Å². The second-order valence-electron chi connectivity index (χ2n) is 5.70. The van der Waals surface area contributed by atoms with Crippen molar-refractivity contribution in [1.82, 2.24) is 4.98 Å². The minimum Gasteiger partial charge on any atom is -0.507 e. The summed E-state index contributed by atoms with van der Waals surface area (Å²) in [7, 11) is 0. The van der Waals surface area contributed by atoms with Gasteiger partial charge >= 0.3 is 0 Å². The van der Waals surface area contributed by atoms with Gasteiger partial charge < -0.3 is 10.1 Å². The molecule has 0 radical (unpaired) electrons. The first-order chi connectivity index (χ1) is 11.8. The molecule has 0 aliphatic heterocycles. The van der Waals surface area contributed by atoms with E-state index in [1.165, 1.54) is 0 Å². The van der Waals surface area contributed by atoms with Crippen LogP contribution in [-0.4, -0.2) is 10.1 Å². The van der Waals surface area contributed by atoms with Gasteiger partial charge in [0.15, 0.2) is 0 Å². The number of fused-ring (bicyclic) bond motifs is 1. The molecule has 4 rings (SSSR count). The molecule has 0 bridgehead atoms. The van der Waals surface area contributed by atoms with Crippen LogP contribution in [0.25, 0.3) is 10.9 Å². The predicted octanol–water partition coefficient (Wildman–Crippen LogP) is 3.89. The maximum atomic E-state index is 10.4. The molecule has 0 aliphatic rings. The number of aromatic hydroxyl groups is 1. The number of H-pyrrole nitrogens is 2. The van der Waals surface area contributed by atoms with Crippen molar-refractivity contribution in [3.05, 3.63) is 90.3 Å². The van der Waals surface area contributed by atoms with Crippen LogP contribution in [-0.2, 0) is 0 Å². The van der Waals surface area contributed by atoms with Gasteiger partial charge in [0.05, 0.1) is 6.20 Å². The number of nitrogens with one attached hydrogen (secondary N) is 3. The molecule has 2 aromatic carbocycles. The van der Waals surface area contributed by atoms with Crippen LogP contribution in [0.4, 0.5) is 5.82 Å². The molecule has 0 saturated heterocycles. The van der Waals surface area contributed by atoms with Gasteiger partial charge in [0.2, 0.25) is 0 Å². The molecule has 0 unspecified atom stereocenters. The van der Waals surface area contributed by atoms with Crippen LogP contribution in [0.5, 0.6) is 5.75 Å². The van der Waals surface area contributed by atoms with Crippen molar-refractivity contribution in [2.75, 3.05) is 5.32 Å². The number of hydrogen-bond acceptors (Lipinski definition) is 2. The summed E-state index contributed by atoms with van der Waals surface area (Å²) in [5.41, 5.74) is 3.00. The number of aromatic amines is 2. The molecule has 2 aromatic heterocycles. The van der Waals surface area contributed by atoms with E-state index in [0.717, 1.165) is 27.8 Å². The Morgan fingerprint density at radius 3 is 2.50 bits per heavy atom. The van der Waals surface area contributed by atoms with E-state index in [4.69, 9.17) is 0 Å². The highest BCUT2D eigenvalue weighted by Crippen LogP contribution is 2.35. The maximum absolute atomic E-state index is 10.4. The topological polar surface area (TPSA) is 62.2 Å². The van der Waals surface area contributed by atoms with Crippen LogP contribution in [0.2, 0.25) is 0 Å². The molecule has 2 heterocycles. The fourth-order valence-electron chi connectivity index (χ4n) is 3.03. The van der Waals surface area contributed by atoms with Gasteiger partial charge in [-0.3, -0.25) is 5.32 Å². The number of para-hydroxylation sites is 2. The van der Waals surface area contributed by atoms with E-state index in [1.807, 2.05) is 60.9 Å². The van der Waals surface area contributed by atoms with Crippen LogP contribution in [0.3, 0.4) is 0 Å². The second kappa shape index (κ2) is 6.08. The first-order valence-corrected chi connectivity index (χ1v) is 7.90. The Hall–Kier alpha value is -3.27. The lowest BCUT2D eigenvalue weighted by Gasteiger charge is -2.16. The van der Waals surface area contributed by atoms with Crippen LogP contribution in [0.15, 0.2) is 79.1 Å². The molecule has 0 amide bonds. The minimum absolute atomic E-state index is 0.180. The summed E-state index contributed by atoms with van der Waals surface area (Å²) in [6.45, 7) is 0. The van der Waals surface area contributed by atoms with E-state index < -0.39 is 0 Å². The number of pyridine rings is 1. The third-order valence-corrected chi connectivity index (χ3v) is 4.19. The second-order valence-corrected chi connectivity index (χ2v) is 5.70. The highest BCUT2D eigenvalue weighted by Gasteiger charge is 2.24. The Morgan fingerprint density at radius 2 is 1.67 bits per heavy atom. The number of rotatable bonds is 4. The van der Waals surface area contributed by atoms with Crippen molar-refractivity contribution < 1.29 is 10.1 Å². The summed E-state index contributed by atoms with van der Waals surface area (Å²) >= 11 is 0. The number of benzene rings is 2. The molecule has 0 aliphatic carbocycles. The van der Waals surface area contributed by atoms with Gasteiger partial charge in [0.1, 0.15) is 11.8 Å². The van der Waals surface area contributed by atoms with Crippen molar-refractivity contribution in [1.29, 1.82) is 0 Å². The molecule has 0 fully saturated rings. The van der Waals surface area contributed by atoms with E-state index in [9.17, 15) is 5.11 Å². The summed E-state index contributed by atoms with van der Waals surface area (Å²) < 4.78 is 0. The largest absolute Gasteiger partial charge is 0.507 e. The Labute approximate surface area is 139 Å². The van der Waals surface area contributed by atoms with E-state index in [-0.39, 0.29) is 11.8 Å². The molecule has 1 atom stereocenters. The normalized spacial score (nSPS) is 12.2. The lowest BCUT2D eigenvalue weighted by molar-refractivity contribution is -0.361. The van der Waals surface area contributed by atoms with Gasteiger partial charge in [-0.15, -0.1) is 0 Å². The van der Waals surface area contributed by atoms with Crippen molar-refractivity contribution in [3.63, 3.8) is 0 Å². The highest BCUT2D eigenvalue weighted by molar-refractivity contribution is 5.84. The Kier molecular flexibility index (Phi) is 3.63. The molecule has 4 nitrogen and oxygen atoms in total. The standard InChI is InChI=1S/C20H17N3O/c24-18-10-4-2-8-15(18)20(23-19-11-5-6-12-21-19)16-13-22-17-9-3-1-7-14(16)17/h1-13,20,22,24H,(H,21,23)/p+1/t20-/m1/s1. The third kappa shape index (κ3) is 2.58. The molecule has 118 valence electrons. The summed E-state index contributed by atoms with van der Waals surface area (Å²) in [4.78, 5) is 6.51. The molecule has 0 saturated carbocycles. The monoisotopic (exact) mass is 316 g/mol. The van der Waals surface area contributed by atoms with Crippen LogP contribution in [0.1, 0.15) is 17.2 Å². The smallest absolute Gasteiger partial charge is 0.272 e. The molecule has 4 heteroatoms. The van der Waals surface area contributed by atoms with Crippen molar-refractivity contribution in [3.8, 4) is 5.75 Å². The third-order valence-electron chi connectivity index (χ3n) is 4.19. The summed E-state index contributed by atoms with van der Waals surface area (Å²) in [5, 5.41) is 15.0. The molecule has 4 aromatic rings. The zero-order chi connectivity index (χ0) is 16.4. The maximum Gasteiger partial charge on any atom is 0.272 e. The fraction of sp³-hybridized carbons (Fsp3) is 0.0500. The molecule has 4 N–H and O–H groups in total. The van der Waals surface area contributed by atoms with Crippen molar-refractivity contribution in [2.24, 2.45) is 0 Å². The Morgan fingerprint density at radius 1 is 0.875 bits per heavy atom. The summed E-state index contributed by atoms with van der Waals surface area (Å²) in [5.74, 6) is 1.16. The lowest BCUT2D eigenvalue weighted by atomic mass is 9.97. The average molecular weight is 316 g/mol. The number of phenols is 1. The van der Waals surface area contributed by atoms with Gasteiger partial charge in [-0.2, -0.15) is 0 Å².